The van der Waals surface area contributed by atoms with Crippen LogP contribution in [0.25, 0.3) is 0 Å². The number of hydrogen-bond acceptors (Lipinski definition) is 2. The molecule has 0 aliphatic rings. The summed E-state index contributed by atoms with van der Waals surface area (Å²) in [6.45, 7) is 0. The molecule has 0 radical (unpaired) electrons. The Morgan fingerprint density at radius 3 is 2.44 bits per heavy atom. The van der Waals surface area contributed by atoms with Crippen molar-refractivity contribution in [3.05, 3.63) is 71.0 Å². The number of thiol groups is 1. The minimum Gasteiger partial charge on any atom is -0.289 e. The Labute approximate surface area is 111 Å². The highest BCUT2D eigenvalue weighted by molar-refractivity contribution is 7.80. The van der Waals surface area contributed by atoms with E-state index < -0.39 is 0 Å². The molecule has 0 bridgehead atoms. The van der Waals surface area contributed by atoms with Gasteiger partial charge >= 0.3 is 0 Å². The van der Waals surface area contributed by atoms with Gasteiger partial charge in [0.1, 0.15) is 5.82 Å². The molecule has 0 saturated heterocycles. The largest absolute Gasteiger partial charge is 0.289 e. The number of ketones is 1. The molecule has 0 saturated carbocycles. The standard InChI is InChI=1S/C15H13FOS/c16-14-6-4-12(5-7-14)15(17)13-3-1-2-11(10-13)8-9-18/h1-7,10,18H,8-9H2. The first-order valence-electron chi connectivity index (χ1n) is 5.71. The van der Waals surface area contributed by atoms with Gasteiger partial charge in [-0.25, -0.2) is 4.39 Å². The second-order valence-electron chi connectivity index (χ2n) is 4.01. The van der Waals surface area contributed by atoms with E-state index in [0.29, 0.717) is 11.1 Å². The average molecular weight is 260 g/mol. The van der Waals surface area contributed by atoms with Gasteiger partial charge in [0.2, 0.25) is 0 Å². The van der Waals surface area contributed by atoms with Crippen molar-refractivity contribution in [2.45, 2.75) is 6.42 Å². The van der Waals surface area contributed by atoms with Crippen LogP contribution in [0.1, 0.15) is 21.5 Å². The van der Waals surface area contributed by atoms with E-state index in [1.165, 1.54) is 24.3 Å². The van der Waals surface area contributed by atoms with E-state index in [0.717, 1.165) is 17.7 Å². The summed E-state index contributed by atoms with van der Waals surface area (Å²) in [5.74, 6) is 0.320. The number of halogens is 1. The topological polar surface area (TPSA) is 17.1 Å². The van der Waals surface area contributed by atoms with Crippen molar-refractivity contribution in [2.24, 2.45) is 0 Å². The SMILES string of the molecule is O=C(c1ccc(F)cc1)c1cccc(CCS)c1. The molecule has 18 heavy (non-hydrogen) atoms. The zero-order valence-corrected chi connectivity index (χ0v) is 10.7. The van der Waals surface area contributed by atoms with Crippen LogP contribution in [0.2, 0.25) is 0 Å². The van der Waals surface area contributed by atoms with Gasteiger partial charge in [-0.1, -0.05) is 18.2 Å². The molecule has 0 aliphatic carbocycles. The molecule has 2 aromatic carbocycles. The molecule has 1 nitrogen and oxygen atoms in total. The van der Waals surface area contributed by atoms with Gasteiger partial charge < -0.3 is 0 Å². The third-order valence-electron chi connectivity index (χ3n) is 2.70. The van der Waals surface area contributed by atoms with Gasteiger partial charge in [-0.3, -0.25) is 4.79 Å². The Bertz CT molecular complexity index is 549. The van der Waals surface area contributed by atoms with Gasteiger partial charge in [-0.05, 0) is 48.1 Å². The monoisotopic (exact) mass is 260 g/mol. The van der Waals surface area contributed by atoms with E-state index in [1.54, 1.807) is 6.07 Å². The van der Waals surface area contributed by atoms with E-state index in [-0.39, 0.29) is 11.6 Å². The van der Waals surface area contributed by atoms with E-state index in [9.17, 15) is 9.18 Å². The fourth-order valence-corrected chi connectivity index (χ4v) is 2.02. The van der Waals surface area contributed by atoms with Crippen LogP contribution in [0, 0.1) is 5.82 Å². The summed E-state index contributed by atoms with van der Waals surface area (Å²) in [4.78, 5) is 12.2. The molecule has 0 unspecified atom stereocenters. The minimum absolute atomic E-state index is 0.0870. The van der Waals surface area contributed by atoms with E-state index in [1.807, 2.05) is 18.2 Å². The van der Waals surface area contributed by atoms with Crippen molar-refractivity contribution < 1.29 is 9.18 Å². The van der Waals surface area contributed by atoms with Crippen molar-refractivity contribution in [1.82, 2.24) is 0 Å². The van der Waals surface area contributed by atoms with Crippen molar-refractivity contribution >= 4 is 18.4 Å². The fraction of sp³-hybridized carbons (Fsp3) is 0.133. The van der Waals surface area contributed by atoms with Gasteiger partial charge in [0.15, 0.2) is 5.78 Å². The van der Waals surface area contributed by atoms with Crippen molar-refractivity contribution in [1.29, 1.82) is 0 Å². The van der Waals surface area contributed by atoms with Crippen LogP contribution >= 0.6 is 12.6 Å². The molecule has 0 atom stereocenters. The highest BCUT2D eigenvalue weighted by Gasteiger charge is 2.09. The number of aryl methyl sites for hydroxylation is 1. The molecule has 0 heterocycles. The Hall–Kier alpha value is -1.61. The van der Waals surface area contributed by atoms with Crippen molar-refractivity contribution in [3.8, 4) is 0 Å². The molecule has 2 rings (SSSR count). The molecule has 0 fully saturated rings. The summed E-state index contributed by atoms with van der Waals surface area (Å²) >= 11 is 4.17. The van der Waals surface area contributed by atoms with Crippen molar-refractivity contribution in [3.63, 3.8) is 0 Å². The predicted octanol–water partition coefficient (Wildman–Crippen LogP) is 3.53. The summed E-state index contributed by atoms with van der Waals surface area (Å²) in [6.07, 6.45) is 0.827. The zero-order chi connectivity index (χ0) is 13.0. The van der Waals surface area contributed by atoms with Crippen LogP contribution in [0.3, 0.4) is 0 Å². The Morgan fingerprint density at radius 1 is 1.06 bits per heavy atom. The zero-order valence-electron chi connectivity index (χ0n) is 9.77. The third kappa shape index (κ3) is 2.99. The summed E-state index contributed by atoms with van der Waals surface area (Å²) in [5.41, 5.74) is 2.21. The van der Waals surface area contributed by atoms with Crippen LogP contribution < -0.4 is 0 Å². The lowest BCUT2D eigenvalue weighted by molar-refractivity contribution is 0.103. The Kier molecular flexibility index (Phi) is 4.15. The minimum atomic E-state index is -0.338. The van der Waals surface area contributed by atoms with Crippen molar-refractivity contribution in [2.75, 3.05) is 5.75 Å². The normalized spacial score (nSPS) is 10.3. The molecular formula is C15H13FOS. The highest BCUT2D eigenvalue weighted by Crippen LogP contribution is 2.13. The smallest absolute Gasteiger partial charge is 0.193 e. The maximum atomic E-state index is 12.8. The predicted molar refractivity (Wildman–Crippen MR) is 73.8 cm³/mol. The molecule has 0 aliphatic heterocycles. The quantitative estimate of drug-likeness (QED) is 0.657. The molecule has 0 amide bonds. The van der Waals surface area contributed by atoms with Gasteiger partial charge in [0, 0.05) is 11.1 Å². The van der Waals surface area contributed by atoms with Crippen LogP contribution in [0.4, 0.5) is 4.39 Å². The van der Waals surface area contributed by atoms with E-state index >= 15 is 0 Å². The first-order chi connectivity index (χ1) is 8.70. The number of rotatable bonds is 4. The lowest BCUT2D eigenvalue weighted by Crippen LogP contribution is -2.02. The molecule has 0 N–H and O–H groups in total. The first-order valence-corrected chi connectivity index (χ1v) is 6.34. The summed E-state index contributed by atoms with van der Waals surface area (Å²) in [6, 6.07) is 13.1. The molecule has 0 aromatic heterocycles. The van der Waals surface area contributed by atoms with Gasteiger partial charge in [-0.2, -0.15) is 12.6 Å². The van der Waals surface area contributed by atoms with E-state index in [2.05, 4.69) is 12.6 Å². The Balaban J connectivity index is 2.28. The summed E-state index contributed by atoms with van der Waals surface area (Å²) in [5, 5.41) is 0. The van der Waals surface area contributed by atoms with Crippen LogP contribution in [-0.2, 0) is 6.42 Å². The summed E-state index contributed by atoms with van der Waals surface area (Å²) in [7, 11) is 0. The molecule has 2 aromatic rings. The fourth-order valence-electron chi connectivity index (χ4n) is 1.77. The van der Waals surface area contributed by atoms with Gasteiger partial charge in [0.05, 0.1) is 0 Å². The van der Waals surface area contributed by atoms with Crippen LogP contribution in [0.5, 0.6) is 0 Å². The number of carbonyl (C=O) groups is 1. The van der Waals surface area contributed by atoms with Crippen LogP contribution in [-0.4, -0.2) is 11.5 Å². The number of benzene rings is 2. The first kappa shape index (κ1) is 12.8. The number of hydrogen-bond donors (Lipinski definition) is 1. The third-order valence-corrected chi connectivity index (χ3v) is 2.92. The summed E-state index contributed by atoms with van der Waals surface area (Å²) < 4.78 is 12.8. The van der Waals surface area contributed by atoms with Crippen LogP contribution in [0.15, 0.2) is 48.5 Å². The Morgan fingerprint density at radius 2 is 1.78 bits per heavy atom. The molecule has 3 heteroatoms. The average Bonchev–Trinajstić information content (AvgIpc) is 2.39. The molecule has 0 spiro atoms. The lowest BCUT2D eigenvalue weighted by atomic mass is 10.0. The molecule has 92 valence electrons. The maximum Gasteiger partial charge on any atom is 0.193 e. The lowest BCUT2D eigenvalue weighted by Gasteiger charge is -2.04. The molecular weight excluding hydrogens is 247 g/mol. The van der Waals surface area contributed by atoms with E-state index in [4.69, 9.17) is 0 Å². The second kappa shape index (κ2) is 5.83. The van der Waals surface area contributed by atoms with Gasteiger partial charge in [0.25, 0.3) is 0 Å². The second-order valence-corrected chi connectivity index (χ2v) is 4.46. The number of carbonyl (C=O) groups excluding carboxylic acids is 1. The van der Waals surface area contributed by atoms with Gasteiger partial charge in [-0.15, -0.1) is 0 Å². The maximum absolute atomic E-state index is 12.8. The highest BCUT2D eigenvalue weighted by atomic mass is 32.1.